The molecule has 0 radical (unpaired) electrons. The number of hydrogen-bond acceptors (Lipinski definition) is 6. The lowest BCUT2D eigenvalue weighted by molar-refractivity contribution is -0.0512. The van der Waals surface area contributed by atoms with Gasteiger partial charge in [-0.3, -0.25) is 9.13 Å². The maximum absolute atomic E-state index is 14.9. The van der Waals surface area contributed by atoms with Crippen molar-refractivity contribution in [2.45, 2.75) is 31.8 Å². The van der Waals surface area contributed by atoms with Crippen molar-refractivity contribution in [3.8, 4) is 0 Å². The first-order chi connectivity index (χ1) is 11.7. The molecule has 0 aromatic carbocycles. The van der Waals surface area contributed by atoms with Crippen LogP contribution >= 0.6 is 19.2 Å². The topological polar surface area (TPSA) is 79.7 Å². The maximum Gasteiger partial charge on any atom is 0.353 e. The van der Waals surface area contributed by atoms with Gasteiger partial charge in [0.05, 0.1) is 5.88 Å². The largest absolute Gasteiger partial charge is 0.353 e. The van der Waals surface area contributed by atoms with Crippen LogP contribution in [0.15, 0.2) is 29.0 Å². The molecule has 1 saturated heterocycles. The van der Waals surface area contributed by atoms with Gasteiger partial charge in [-0.2, -0.15) is 4.98 Å². The third kappa shape index (κ3) is 3.88. The fourth-order valence-electron chi connectivity index (χ4n) is 2.62. The molecule has 0 N–H and O–H groups in total. The van der Waals surface area contributed by atoms with E-state index in [1.165, 1.54) is 32.3 Å². The third-order valence-corrected chi connectivity index (χ3v) is 6.31. The van der Waals surface area contributed by atoms with Gasteiger partial charge in [-0.15, -0.1) is 11.6 Å². The highest BCUT2D eigenvalue weighted by molar-refractivity contribution is 7.57. The van der Waals surface area contributed by atoms with Crippen LogP contribution in [0.2, 0.25) is 0 Å². The van der Waals surface area contributed by atoms with E-state index in [4.69, 9.17) is 25.4 Å². The van der Waals surface area contributed by atoms with Gasteiger partial charge in [0.2, 0.25) is 0 Å². The molecule has 0 saturated carbocycles. The molecule has 1 aliphatic rings. The van der Waals surface area contributed by atoms with Crippen LogP contribution in [0.1, 0.15) is 18.8 Å². The van der Waals surface area contributed by atoms with Crippen LogP contribution in [0.3, 0.4) is 0 Å². The Morgan fingerprint density at radius 2 is 2.16 bits per heavy atom. The Hall–Kier alpha value is -1.05. The number of alkyl halides is 2. The summed E-state index contributed by atoms with van der Waals surface area (Å²) < 4.78 is 43.6. The van der Waals surface area contributed by atoms with Gasteiger partial charge in [0.15, 0.2) is 12.4 Å². The summed E-state index contributed by atoms with van der Waals surface area (Å²) in [7, 11) is -0.995. The molecule has 140 valence electrons. The molecule has 0 bridgehead atoms. The molecule has 25 heavy (non-hydrogen) atoms. The number of halogens is 2. The minimum Gasteiger partial charge on any atom is -0.343 e. The van der Waals surface area contributed by atoms with Crippen LogP contribution in [0.5, 0.6) is 0 Å². The molecule has 10 heteroatoms. The summed E-state index contributed by atoms with van der Waals surface area (Å²) in [6.45, 7) is 3.27. The van der Waals surface area contributed by atoms with Gasteiger partial charge in [-0.25, -0.2) is 9.18 Å². The fraction of sp³-hybridized carbons (Fsp3) is 0.600. The average Bonchev–Trinajstić information content (AvgIpc) is 2.85. The highest BCUT2D eigenvalue weighted by Crippen LogP contribution is 2.51. The monoisotopic (exact) mass is 394 g/mol. The van der Waals surface area contributed by atoms with E-state index in [0.717, 1.165) is 4.57 Å². The zero-order valence-corrected chi connectivity index (χ0v) is 16.0. The average molecular weight is 395 g/mol. The number of ether oxygens (including phenoxy) is 1. The van der Waals surface area contributed by atoms with Gasteiger partial charge < -0.3 is 13.8 Å². The normalized spacial score (nSPS) is 30.2. The summed E-state index contributed by atoms with van der Waals surface area (Å²) >= 11 is 6.04. The van der Waals surface area contributed by atoms with E-state index in [2.05, 4.69) is 4.98 Å². The molecule has 2 heterocycles. The molecule has 7 nitrogen and oxygen atoms in total. The number of aromatic nitrogens is 2. The van der Waals surface area contributed by atoms with E-state index in [9.17, 15) is 13.8 Å². The van der Waals surface area contributed by atoms with Crippen molar-refractivity contribution < 1.29 is 22.7 Å². The van der Waals surface area contributed by atoms with Crippen molar-refractivity contribution in [3.63, 3.8) is 0 Å². The summed E-state index contributed by atoms with van der Waals surface area (Å²) in [5.41, 5.74) is -1.37. The van der Waals surface area contributed by atoms with Crippen molar-refractivity contribution >= 4 is 19.2 Å². The minimum atomic E-state index is -3.47. The number of hydrogen-bond donors (Lipinski definition) is 0. The van der Waals surface area contributed by atoms with Crippen molar-refractivity contribution in [1.82, 2.24) is 9.55 Å². The lowest BCUT2D eigenvalue weighted by Crippen LogP contribution is -2.35. The first kappa shape index (κ1) is 20.3. The van der Waals surface area contributed by atoms with Gasteiger partial charge in [0.25, 0.3) is 0 Å². The smallest absolute Gasteiger partial charge is 0.343 e. The Bertz CT molecular complexity index is 750. The van der Waals surface area contributed by atoms with Crippen molar-refractivity contribution in [2.75, 3.05) is 20.1 Å². The number of aryl methyl sites for hydroxylation is 1. The molecule has 1 fully saturated rings. The minimum absolute atomic E-state index is 0.108. The Labute approximate surface area is 150 Å². The number of rotatable bonds is 6. The summed E-state index contributed by atoms with van der Waals surface area (Å²) in [5.74, 6) is 0.377. The highest BCUT2D eigenvalue weighted by Gasteiger charge is 2.53. The summed E-state index contributed by atoms with van der Waals surface area (Å²) in [4.78, 5) is 15.8. The molecule has 0 unspecified atom stereocenters. The zero-order valence-electron chi connectivity index (χ0n) is 14.4. The molecule has 0 aliphatic carbocycles. The molecule has 1 aliphatic heterocycles. The molecular weight excluding hydrogens is 374 g/mol. The first-order valence-electron chi connectivity index (χ1n) is 7.57. The van der Waals surface area contributed by atoms with Gasteiger partial charge >= 0.3 is 13.3 Å². The Kier molecular flexibility index (Phi) is 6.22. The van der Waals surface area contributed by atoms with Crippen LogP contribution < -0.4 is 5.69 Å². The van der Waals surface area contributed by atoms with Crippen LogP contribution in [0.25, 0.3) is 0 Å². The van der Waals surface area contributed by atoms with Crippen LogP contribution in [0, 0.1) is 12.8 Å². The van der Waals surface area contributed by atoms with Crippen molar-refractivity contribution in [3.05, 3.63) is 40.3 Å². The highest BCUT2D eigenvalue weighted by atomic mass is 35.5. The van der Waals surface area contributed by atoms with Crippen molar-refractivity contribution in [1.29, 1.82) is 0 Å². The van der Waals surface area contributed by atoms with Gasteiger partial charge in [-0.1, -0.05) is 6.92 Å². The van der Waals surface area contributed by atoms with E-state index < -0.39 is 37.2 Å². The lowest BCUT2D eigenvalue weighted by Gasteiger charge is -2.27. The van der Waals surface area contributed by atoms with Gasteiger partial charge in [0.1, 0.15) is 5.60 Å². The van der Waals surface area contributed by atoms with Crippen molar-refractivity contribution in [2.24, 2.45) is 5.92 Å². The van der Waals surface area contributed by atoms with E-state index in [0.29, 0.717) is 5.69 Å². The van der Waals surface area contributed by atoms with Crippen LogP contribution in [-0.4, -0.2) is 41.4 Å². The molecular formula is C15H21ClFN2O5P. The van der Waals surface area contributed by atoms with E-state index in [1.807, 2.05) is 0 Å². The molecule has 4 atom stereocenters. The molecule has 1 aromatic heterocycles. The Morgan fingerprint density at radius 1 is 1.52 bits per heavy atom. The summed E-state index contributed by atoms with van der Waals surface area (Å²) in [6.07, 6.45) is 0.105. The lowest BCUT2D eigenvalue weighted by atomic mass is 9.89. The fourth-order valence-corrected chi connectivity index (χ4v) is 3.84. The second-order valence-corrected chi connectivity index (χ2v) is 8.18. The predicted molar refractivity (Wildman–Crippen MR) is 91.6 cm³/mol. The summed E-state index contributed by atoms with van der Waals surface area (Å²) in [5, 5.41) is 0. The van der Waals surface area contributed by atoms with Crippen LogP contribution in [0.4, 0.5) is 4.39 Å². The SMILES string of the molecule is COP(=O)(/C=C/[C@@]1(CCl)O[C@@H](n2ccc(C)nc2=O)[C@H](F)[C@@H]1C)OC. The quantitative estimate of drug-likeness (QED) is 0.545. The zero-order chi connectivity index (χ0) is 18.8. The number of nitrogens with zero attached hydrogens (tertiary/aromatic N) is 2. The third-order valence-electron chi connectivity index (χ3n) is 4.36. The van der Waals surface area contributed by atoms with E-state index in [-0.39, 0.29) is 5.88 Å². The molecule has 0 amide bonds. The van der Waals surface area contributed by atoms with Gasteiger partial charge in [0, 0.05) is 37.8 Å². The van der Waals surface area contributed by atoms with E-state index >= 15 is 0 Å². The predicted octanol–water partition coefficient (Wildman–Crippen LogP) is 3.03. The van der Waals surface area contributed by atoms with Gasteiger partial charge in [-0.05, 0) is 19.1 Å². The van der Waals surface area contributed by atoms with Crippen LogP contribution in [-0.2, 0) is 18.3 Å². The Balaban J connectivity index is 2.40. The second kappa shape index (κ2) is 7.68. The molecule has 0 spiro atoms. The van der Waals surface area contributed by atoms with E-state index in [1.54, 1.807) is 19.9 Å². The Morgan fingerprint density at radius 3 is 2.68 bits per heavy atom. The molecule has 2 rings (SSSR count). The maximum atomic E-state index is 14.9. The molecule has 1 aromatic rings. The first-order valence-corrected chi connectivity index (χ1v) is 9.72. The standard InChI is InChI=1S/C15H21ClFN2O5P/c1-10-5-7-19(14(20)18-10)13-12(17)11(2)15(9-16,24-13)6-8-25(21,22-3)23-4/h5-8,11-13H,9H2,1-4H3/b8-6+/t11-,12+,13+,15-/m0/s1. The summed E-state index contributed by atoms with van der Waals surface area (Å²) in [6, 6.07) is 1.59. The second-order valence-electron chi connectivity index (χ2n) is 5.81.